The number of hydrogen-bond acceptors (Lipinski definition) is 5. The van der Waals surface area contributed by atoms with Gasteiger partial charge in [-0.2, -0.15) is 0 Å². The zero-order chi connectivity index (χ0) is 17.1. The number of halogens is 1. The number of nitrogens with zero attached hydrogens (tertiary/aromatic N) is 2. The summed E-state index contributed by atoms with van der Waals surface area (Å²) in [4.78, 5) is 32.8. The van der Waals surface area contributed by atoms with Crippen LogP contribution in [-0.2, 0) is 0 Å². The van der Waals surface area contributed by atoms with Gasteiger partial charge in [-0.25, -0.2) is 0 Å². The molecule has 0 fully saturated rings. The lowest BCUT2D eigenvalue weighted by Crippen LogP contribution is -2.13. The molecule has 0 radical (unpaired) electrons. The summed E-state index contributed by atoms with van der Waals surface area (Å²) in [6.45, 7) is 1.27. The molecule has 0 saturated heterocycles. The van der Waals surface area contributed by atoms with Gasteiger partial charge in [-0.3, -0.25) is 25.0 Å². The van der Waals surface area contributed by atoms with Crippen LogP contribution < -0.4 is 5.32 Å². The van der Waals surface area contributed by atoms with Crippen molar-refractivity contribution in [2.24, 2.45) is 0 Å². The third-order valence-corrected chi connectivity index (χ3v) is 3.58. The van der Waals surface area contributed by atoms with Gasteiger partial charge in [0.2, 0.25) is 0 Å². The Labute approximate surface area is 138 Å². The lowest BCUT2D eigenvalue weighted by Gasteiger charge is -2.07. The van der Waals surface area contributed by atoms with Gasteiger partial charge in [0, 0.05) is 22.3 Å². The molecule has 0 aliphatic heterocycles. The van der Waals surface area contributed by atoms with E-state index in [1.165, 1.54) is 6.92 Å². The molecule has 118 valence electrons. The Kier molecular flexibility index (Phi) is 4.70. The summed E-state index contributed by atoms with van der Waals surface area (Å²) < 4.78 is 0.733. The number of amides is 1. The first-order valence-corrected chi connectivity index (χ1v) is 7.09. The van der Waals surface area contributed by atoms with Crippen LogP contribution in [0, 0.1) is 27.2 Å². The van der Waals surface area contributed by atoms with Crippen molar-refractivity contribution < 1.29 is 14.6 Å². The number of carbonyl (C=O) groups is 1. The number of rotatable bonds is 4. The lowest BCUT2D eigenvalue weighted by atomic mass is 10.1. The summed E-state index contributed by atoms with van der Waals surface area (Å²) in [6.07, 6.45) is 0. The van der Waals surface area contributed by atoms with E-state index in [0.29, 0.717) is 5.69 Å². The Balaban J connectivity index is 2.44. The molecule has 0 spiro atoms. The molecule has 1 amide bonds. The van der Waals surface area contributed by atoms with Gasteiger partial charge in [-0.1, -0.05) is 22.0 Å². The molecular weight excluding hydrogens is 370 g/mol. The number of nitrogens with one attached hydrogen (secondary N) is 1. The third kappa shape index (κ3) is 3.69. The highest BCUT2D eigenvalue weighted by molar-refractivity contribution is 9.10. The maximum atomic E-state index is 12.2. The molecular formula is C14H10BrN3O5. The zero-order valence-corrected chi connectivity index (χ0v) is 13.4. The number of anilines is 1. The molecule has 0 aliphatic carbocycles. The van der Waals surface area contributed by atoms with Gasteiger partial charge in [0.15, 0.2) is 0 Å². The second-order valence-corrected chi connectivity index (χ2v) is 5.53. The first-order chi connectivity index (χ1) is 10.8. The summed E-state index contributed by atoms with van der Waals surface area (Å²) >= 11 is 3.25. The first kappa shape index (κ1) is 16.6. The van der Waals surface area contributed by atoms with Crippen LogP contribution in [0.1, 0.15) is 15.9 Å². The molecule has 0 heterocycles. The van der Waals surface area contributed by atoms with E-state index in [-0.39, 0.29) is 11.1 Å². The zero-order valence-electron chi connectivity index (χ0n) is 11.8. The van der Waals surface area contributed by atoms with E-state index in [1.54, 1.807) is 24.3 Å². The molecule has 0 saturated carbocycles. The Hall–Kier alpha value is -2.81. The fourth-order valence-electron chi connectivity index (χ4n) is 1.96. The minimum atomic E-state index is -0.752. The summed E-state index contributed by atoms with van der Waals surface area (Å²) in [6, 6.07) is 8.76. The van der Waals surface area contributed by atoms with Crippen molar-refractivity contribution in [2.75, 3.05) is 5.32 Å². The van der Waals surface area contributed by atoms with Gasteiger partial charge >= 0.3 is 0 Å². The van der Waals surface area contributed by atoms with E-state index < -0.39 is 27.1 Å². The molecule has 0 unspecified atom stereocenters. The Morgan fingerprint density at radius 1 is 1.09 bits per heavy atom. The summed E-state index contributed by atoms with van der Waals surface area (Å²) in [5.41, 5.74) is -0.750. The van der Waals surface area contributed by atoms with Crippen LogP contribution in [0.4, 0.5) is 17.1 Å². The number of benzene rings is 2. The third-order valence-electron chi connectivity index (χ3n) is 3.09. The number of hydrogen-bond donors (Lipinski definition) is 1. The van der Waals surface area contributed by atoms with Crippen molar-refractivity contribution in [1.29, 1.82) is 0 Å². The molecule has 23 heavy (non-hydrogen) atoms. The largest absolute Gasteiger partial charge is 0.322 e. The van der Waals surface area contributed by atoms with Crippen LogP contribution >= 0.6 is 15.9 Å². The van der Waals surface area contributed by atoms with Crippen LogP contribution in [0.15, 0.2) is 40.9 Å². The van der Waals surface area contributed by atoms with Crippen molar-refractivity contribution >= 4 is 38.9 Å². The minimum absolute atomic E-state index is 0.0981. The Morgan fingerprint density at radius 2 is 1.65 bits per heavy atom. The van der Waals surface area contributed by atoms with Crippen LogP contribution in [0.2, 0.25) is 0 Å². The molecule has 1 N–H and O–H groups in total. The van der Waals surface area contributed by atoms with E-state index in [2.05, 4.69) is 21.2 Å². The van der Waals surface area contributed by atoms with Crippen molar-refractivity contribution in [2.45, 2.75) is 6.92 Å². The molecule has 0 bridgehead atoms. The van der Waals surface area contributed by atoms with Gasteiger partial charge in [-0.05, 0) is 25.1 Å². The normalized spacial score (nSPS) is 10.2. The highest BCUT2D eigenvalue weighted by Gasteiger charge is 2.25. The van der Waals surface area contributed by atoms with Crippen LogP contribution in [-0.4, -0.2) is 15.8 Å². The standard InChI is InChI=1S/C14H10BrN3O5/c1-8-12(17(20)21)5-9(6-13(8)18(22)23)14(19)16-11-4-2-3-10(15)7-11/h2-7H,1H3,(H,16,19). The van der Waals surface area contributed by atoms with Gasteiger partial charge < -0.3 is 5.32 Å². The molecule has 2 aromatic rings. The average Bonchev–Trinajstić information content (AvgIpc) is 2.46. The second kappa shape index (κ2) is 6.53. The van der Waals surface area contributed by atoms with Gasteiger partial charge in [0.1, 0.15) is 5.56 Å². The lowest BCUT2D eigenvalue weighted by molar-refractivity contribution is -0.395. The molecule has 2 rings (SSSR count). The fraction of sp³-hybridized carbons (Fsp3) is 0.0714. The Morgan fingerprint density at radius 3 is 2.13 bits per heavy atom. The van der Waals surface area contributed by atoms with Crippen molar-refractivity contribution in [3.8, 4) is 0 Å². The van der Waals surface area contributed by atoms with E-state index >= 15 is 0 Å². The van der Waals surface area contributed by atoms with Crippen molar-refractivity contribution in [3.05, 3.63) is 72.2 Å². The van der Waals surface area contributed by atoms with Crippen molar-refractivity contribution in [3.63, 3.8) is 0 Å². The predicted octanol–water partition coefficient (Wildman–Crippen LogP) is 3.83. The maximum Gasteiger partial charge on any atom is 0.279 e. The van der Waals surface area contributed by atoms with Crippen LogP contribution in [0.5, 0.6) is 0 Å². The van der Waals surface area contributed by atoms with Crippen LogP contribution in [0.25, 0.3) is 0 Å². The van der Waals surface area contributed by atoms with Crippen LogP contribution in [0.3, 0.4) is 0 Å². The monoisotopic (exact) mass is 379 g/mol. The fourth-order valence-corrected chi connectivity index (χ4v) is 2.36. The quantitative estimate of drug-likeness (QED) is 0.639. The molecule has 0 aromatic heterocycles. The van der Waals surface area contributed by atoms with Gasteiger partial charge in [-0.15, -0.1) is 0 Å². The van der Waals surface area contributed by atoms with Gasteiger partial charge in [0.25, 0.3) is 17.3 Å². The average molecular weight is 380 g/mol. The number of nitro groups is 2. The number of carbonyl (C=O) groups excluding carboxylic acids is 1. The Bertz CT molecular complexity index is 787. The SMILES string of the molecule is Cc1c([N+](=O)[O-])cc(C(=O)Nc2cccc(Br)c2)cc1[N+](=O)[O-]. The molecule has 8 nitrogen and oxygen atoms in total. The first-order valence-electron chi connectivity index (χ1n) is 6.30. The van der Waals surface area contributed by atoms with E-state index in [0.717, 1.165) is 16.6 Å². The highest BCUT2D eigenvalue weighted by atomic mass is 79.9. The minimum Gasteiger partial charge on any atom is -0.322 e. The summed E-state index contributed by atoms with van der Waals surface area (Å²) in [7, 11) is 0. The molecule has 0 atom stereocenters. The van der Waals surface area contributed by atoms with Gasteiger partial charge in [0.05, 0.1) is 15.4 Å². The molecule has 9 heteroatoms. The smallest absolute Gasteiger partial charge is 0.279 e. The number of nitro benzene ring substituents is 2. The van der Waals surface area contributed by atoms with Crippen molar-refractivity contribution in [1.82, 2.24) is 0 Å². The highest BCUT2D eigenvalue weighted by Crippen LogP contribution is 2.29. The molecule has 2 aromatic carbocycles. The summed E-state index contributed by atoms with van der Waals surface area (Å²) in [5.74, 6) is -0.672. The van der Waals surface area contributed by atoms with E-state index in [9.17, 15) is 25.0 Å². The maximum absolute atomic E-state index is 12.2. The van der Waals surface area contributed by atoms with E-state index in [1.807, 2.05) is 0 Å². The predicted molar refractivity (Wildman–Crippen MR) is 86.6 cm³/mol. The second-order valence-electron chi connectivity index (χ2n) is 4.62. The summed E-state index contributed by atoms with van der Waals surface area (Å²) in [5, 5.41) is 24.6. The molecule has 0 aliphatic rings. The topological polar surface area (TPSA) is 115 Å². The van der Waals surface area contributed by atoms with E-state index in [4.69, 9.17) is 0 Å².